The van der Waals surface area contributed by atoms with Gasteiger partial charge in [-0.1, -0.05) is 12.2 Å². The molecule has 3 heteroatoms. The third-order valence-corrected chi connectivity index (χ3v) is 3.23. The molecule has 0 radical (unpaired) electrons. The maximum atomic E-state index is 5.63. The van der Waals surface area contributed by atoms with Crippen molar-refractivity contribution in [3.05, 3.63) is 36.4 Å². The summed E-state index contributed by atoms with van der Waals surface area (Å²) < 4.78 is 5.07. The molecule has 0 fully saturated rings. The molecule has 1 nitrogen and oxygen atoms in total. The SMILES string of the molecule is C=C(CCl)CSc1ccc(OC)cc1. The lowest BCUT2D eigenvalue weighted by Crippen LogP contribution is -1.86. The van der Waals surface area contributed by atoms with Crippen LogP contribution in [0.15, 0.2) is 41.3 Å². The molecule has 1 aromatic rings. The van der Waals surface area contributed by atoms with E-state index in [1.807, 2.05) is 24.3 Å². The quantitative estimate of drug-likeness (QED) is 0.433. The summed E-state index contributed by atoms with van der Waals surface area (Å²) in [4.78, 5) is 1.21. The fourth-order valence-electron chi connectivity index (χ4n) is 0.896. The number of thioether (sulfide) groups is 1. The van der Waals surface area contributed by atoms with Crippen LogP contribution in [0.25, 0.3) is 0 Å². The van der Waals surface area contributed by atoms with Crippen LogP contribution in [0.2, 0.25) is 0 Å². The first-order valence-electron chi connectivity index (χ1n) is 4.25. The van der Waals surface area contributed by atoms with Crippen LogP contribution in [0.4, 0.5) is 0 Å². The smallest absolute Gasteiger partial charge is 0.118 e. The molecule has 76 valence electrons. The zero-order valence-electron chi connectivity index (χ0n) is 8.13. The summed E-state index contributed by atoms with van der Waals surface area (Å²) >= 11 is 7.37. The van der Waals surface area contributed by atoms with Crippen LogP contribution in [0, 0.1) is 0 Å². The second-order valence-electron chi connectivity index (χ2n) is 2.85. The highest BCUT2D eigenvalue weighted by Crippen LogP contribution is 2.22. The van der Waals surface area contributed by atoms with Crippen molar-refractivity contribution in [2.45, 2.75) is 4.90 Å². The van der Waals surface area contributed by atoms with Gasteiger partial charge in [0.1, 0.15) is 5.75 Å². The fourth-order valence-corrected chi connectivity index (χ4v) is 1.90. The van der Waals surface area contributed by atoms with Crippen LogP contribution in [-0.2, 0) is 0 Å². The van der Waals surface area contributed by atoms with Gasteiger partial charge in [0.15, 0.2) is 0 Å². The van der Waals surface area contributed by atoms with Gasteiger partial charge in [0.05, 0.1) is 7.11 Å². The molecule has 0 amide bonds. The van der Waals surface area contributed by atoms with E-state index in [9.17, 15) is 0 Å². The molecule has 0 aliphatic carbocycles. The van der Waals surface area contributed by atoms with Gasteiger partial charge in [-0.05, 0) is 24.3 Å². The minimum atomic E-state index is 0.531. The van der Waals surface area contributed by atoms with Crippen LogP contribution >= 0.6 is 23.4 Å². The number of benzene rings is 1. The maximum Gasteiger partial charge on any atom is 0.118 e. The van der Waals surface area contributed by atoms with Crippen molar-refractivity contribution in [1.82, 2.24) is 0 Å². The molecule has 0 aromatic heterocycles. The summed E-state index contributed by atoms with van der Waals surface area (Å²) in [5.41, 5.74) is 1.05. The minimum Gasteiger partial charge on any atom is -0.497 e. The number of alkyl halides is 1. The van der Waals surface area contributed by atoms with Gasteiger partial charge >= 0.3 is 0 Å². The number of methoxy groups -OCH3 is 1. The predicted octanol–water partition coefficient (Wildman–Crippen LogP) is 3.58. The molecule has 0 N–H and O–H groups in total. The number of hydrogen-bond acceptors (Lipinski definition) is 2. The van der Waals surface area contributed by atoms with Gasteiger partial charge in [0.2, 0.25) is 0 Å². The van der Waals surface area contributed by atoms with Gasteiger partial charge in [0, 0.05) is 16.5 Å². The van der Waals surface area contributed by atoms with Gasteiger partial charge in [-0.3, -0.25) is 0 Å². The van der Waals surface area contributed by atoms with Crippen molar-refractivity contribution in [3.63, 3.8) is 0 Å². The second kappa shape index (κ2) is 5.99. The molecule has 1 rings (SSSR count). The Bertz CT molecular complexity index is 295. The highest BCUT2D eigenvalue weighted by molar-refractivity contribution is 7.99. The summed E-state index contributed by atoms with van der Waals surface area (Å²) in [6.07, 6.45) is 0. The zero-order chi connectivity index (χ0) is 10.4. The van der Waals surface area contributed by atoms with E-state index in [-0.39, 0.29) is 0 Å². The highest BCUT2D eigenvalue weighted by Gasteiger charge is 1.96. The van der Waals surface area contributed by atoms with Crippen molar-refractivity contribution in [3.8, 4) is 5.75 Å². The Labute approximate surface area is 94.1 Å². The van der Waals surface area contributed by atoms with Crippen LogP contribution < -0.4 is 4.74 Å². The van der Waals surface area contributed by atoms with E-state index in [1.54, 1.807) is 18.9 Å². The van der Waals surface area contributed by atoms with Gasteiger partial charge in [-0.15, -0.1) is 23.4 Å². The van der Waals surface area contributed by atoms with Crippen LogP contribution in [-0.4, -0.2) is 18.7 Å². The lowest BCUT2D eigenvalue weighted by molar-refractivity contribution is 0.414. The normalized spacial score (nSPS) is 9.86. The zero-order valence-corrected chi connectivity index (χ0v) is 9.70. The maximum absolute atomic E-state index is 5.63. The van der Waals surface area contributed by atoms with Crippen molar-refractivity contribution in [2.24, 2.45) is 0 Å². The lowest BCUT2D eigenvalue weighted by atomic mass is 10.3. The van der Waals surface area contributed by atoms with E-state index in [0.29, 0.717) is 5.88 Å². The first kappa shape index (κ1) is 11.5. The summed E-state index contributed by atoms with van der Waals surface area (Å²) in [5, 5.41) is 0. The third-order valence-electron chi connectivity index (χ3n) is 1.69. The fraction of sp³-hybridized carbons (Fsp3) is 0.273. The Hall–Kier alpha value is -0.600. The topological polar surface area (TPSA) is 9.23 Å². The summed E-state index contributed by atoms with van der Waals surface area (Å²) in [6.45, 7) is 3.84. The molecule has 0 atom stereocenters. The predicted molar refractivity (Wildman–Crippen MR) is 63.6 cm³/mol. The molecule has 0 aliphatic heterocycles. The third kappa shape index (κ3) is 3.64. The molecule has 0 aliphatic rings. The number of rotatable bonds is 5. The van der Waals surface area contributed by atoms with E-state index in [1.165, 1.54) is 4.90 Å². The van der Waals surface area contributed by atoms with E-state index in [4.69, 9.17) is 16.3 Å². The summed E-state index contributed by atoms with van der Waals surface area (Å²) in [6, 6.07) is 7.97. The van der Waals surface area contributed by atoms with Crippen molar-refractivity contribution >= 4 is 23.4 Å². The van der Waals surface area contributed by atoms with E-state index >= 15 is 0 Å². The Morgan fingerprint density at radius 3 is 2.57 bits per heavy atom. The van der Waals surface area contributed by atoms with Crippen LogP contribution in [0.5, 0.6) is 5.75 Å². The highest BCUT2D eigenvalue weighted by atomic mass is 35.5. The van der Waals surface area contributed by atoms with Crippen LogP contribution in [0.3, 0.4) is 0 Å². The molecule has 0 heterocycles. The molecular formula is C11H13ClOS. The molecule has 0 bridgehead atoms. The number of hydrogen-bond donors (Lipinski definition) is 0. The Morgan fingerprint density at radius 1 is 1.43 bits per heavy atom. The molecule has 0 saturated carbocycles. The molecular weight excluding hydrogens is 216 g/mol. The Kier molecular flexibility index (Phi) is 4.91. The number of ether oxygens (including phenoxy) is 1. The van der Waals surface area contributed by atoms with Crippen molar-refractivity contribution < 1.29 is 4.74 Å². The van der Waals surface area contributed by atoms with E-state index in [2.05, 4.69) is 6.58 Å². The van der Waals surface area contributed by atoms with Crippen LogP contribution in [0.1, 0.15) is 0 Å². The summed E-state index contributed by atoms with van der Waals surface area (Å²) in [7, 11) is 1.66. The minimum absolute atomic E-state index is 0.531. The van der Waals surface area contributed by atoms with Gasteiger partial charge in [-0.2, -0.15) is 0 Å². The average molecular weight is 229 g/mol. The summed E-state index contributed by atoms with van der Waals surface area (Å²) in [5.74, 6) is 2.28. The monoisotopic (exact) mass is 228 g/mol. The molecule has 0 saturated heterocycles. The van der Waals surface area contributed by atoms with E-state index in [0.717, 1.165) is 17.1 Å². The second-order valence-corrected chi connectivity index (χ2v) is 4.16. The van der Waals surface area contributed by atoms with E-state index < -0.39 is 0 Å². The number of halogens is 1. The van der Waals surface area contributed by atoms with Gasteiger partial charge in [0.25, 0.3) is 0 Å². The Morgan fingerprint density at radius 2 is 2.07 bits per heavy atom. The molecule has 0 unspecified atom stereocenters. The first-order valence-corrected chi connectivity index (χ1v) is 5.77. The molecule has 14 heavy (non-hydrogen) atoms. The first-order chi connectivity index (χ1) is 6.76. The van der Waals surface area contributed by atoms with Gasteiger partial charge in [-0.25, -0.2) is 0 Å². The average Bonchev–Trinajstić information content (AvgIpc) is 2.26. The van der Waals surface area contributed by atoms with Crippen molar-refractivity contribution in [1.29, 1.82) is 0 Å². The standard InChI is InChI=1S/C11H13ClOS/c1-9(7-12)8-14-11-5-3-10(13-2)4-6-11/h3-6H,1,7-8H2,2H3. The largest absolute Gasteiger partial charge is 0.497 e. The Balaban J connectivity index is 2.47. The van der Waals surface area contributed by atoms with Gasteiger partial charge < -0.3 is 4.74 Å². The molecule has 0 spiro atoms. The lowest BCUT2D eigenvalue weighted by Gasteiger charge is -2.03. The van der Waals surface area contributed by atoms with Crippen molar-refractivity contribution in [2.75, 3.05) is 18.7 Å². The molecule has 1 aromatic carbocycles.